The van der Waals surface area contributed by atoms with Crippen molar-refractivity contribution < 1.29 is 9.53 Å². The molecule has 0 saturated heterocycles. The van der Waals surface area contributed by atoms with Crippen LogP contribution in [0, 0.1) is 6.92 Å². The molecule has 2 heterocycles. The first kappa shape index (κ1) is 14.8. The minimum absolute atomic E-state index is 0.185. The van der Waals surface area contributed by atoms with Gasteiger partial charge in [0.05, 0.1) is 12.8 Å². The lowest BCUT2D eigenvalue weighted by Gasteiger charge is -2.08. The second kappa shape index (κ2) is 6.36. The maximum absolute atomic E-state index is 12.1. The third kappa shape index (κ3) is 3.23. The van der Waals surface area contributed by atoms with Gasteiger partial charge in [0, 0.05) is 24.2 Å². The number of carbonyl (C=O) groups excluding carboxylic acids is 1. The summed E-state index contributed by atoms with van der Waals surface area (Å²) in [6.45, 7) is 1.94. The SMILES string of the molecule is COc1cccc(/C=C/C(=O)Nc2ccc3nccn3c2C)c1. The van der Waals surface area contributed by atoms with Crippen molar-refractivity contribution in [3.05, 3.63) is 66.1 Å². The van der Waals surface area contributed by atoms with Crippen molar-refractivity contribution in [2.24, 2.45) is 0 Å². The van der Waals surface area contributed by atoms with Crippen LogP contribution in [0.15, 0.2) is 54.9 Å². The van der Waals surface area contributed by atoms with Gasteiger partial charge >= 0.3 is 0 Å². The Hall–Kier alpha value is -3.08. The van der Waals surface area contributed by atoms with E-state index in [1.165, 1.54) is 6.08 Å². The maximum Gasteiger partial charge on any atom is 0.248 e. The lowest BCUT2D eigenvalue weighted by molar-refractivity contribution is -0.111. The highest BCUT2D eigenvalue weighted by molar-refractivity contribution is 6.02. The molecule has 5 heteroatoms. The van der Waals surface area contributed by atoms with Gasteiger partial charge in [0.1, 0.15) is 11.4 Å². The molecule has 0 saturated carbocycles. The zero-order valence-corrected chi connectivity index (χ0v) is 13.0. The van der Waals surface area contributed by atoms with Crippen LogP contribution in [0.3, 0.4) is 0 Å². The first-order valence-corrected chi connectivity index (χ1v) is 7.23. The number of aryl methyl sites for hydroxylation is 1. The van der Waals surface area contributed by atoms with Gasteiger partial charge in [0.25, 0.3) is 0 Å². The van der Waals surface area contributed by atoms with E-state index in [0.29, 0.717) is 0 Å². The lowest BCUT2D eigenvalue weighted by atomic mass is 10.2. The molecule has 0 fully saturated rings. The molecular formula is C18H17N3O2. The van der Waals surface area contributed by atoms with Gasteiger partial charge in [-0.2, -0.15) is 0 Å². The molecule has 2 aromatic heterocycles. The van der Waals surface area contributed by atoms with E-state index in [1.54, 1.807) is 19.4 Å². The van der Waals surface area contributed by atoms with Crippen molar-refractivity contribution in [3.63, 3.8) is 0 Å². The quantitative estimate of drug-likeness (QED) is 0.752. The summed E-state index contributed by atoms with van der Waals surface area (Å²) in [6.07, 6.45) is 6.86. The first-order valence-electron chi connectivity index (χ1n) is 7.23. The number of hydrogen-bond donors (Lipinski definition) is 1. The Labute approximate surface area is 134 Å². The van der Waals surface area contributed by atoms with Crippen LogP contribution in [0.25, 0.3) is 11.7 Å². The van der Waals surface area contributed by atoms with E-state index in [-0.39, 0.29) is 5.91 Å². The summed E-state index contributed by atoms with van der Waals surface area (Å²) in [5, 5.41) is 2.89. The Kier molecular flexibility index (Phi) is 4.10. The highest BCUT2D eigenvalue weighted by atomic mass is 16.5. The zero-order valence-electron chi connectivity index (χ0n) is 13.0. The first-order chi connectivity index (χ1) is 11.2. The zero-order chi connectivity index (χ0) is 16.2. The largest absolute Gasteiger partial charge is 0.497 e. The molecule has 1 amide bonds. The Balaban J connectivity index is 1.75. The van der Waals surface area contributed by atoms with E-state index >= 15 is 0 Å². The monoisotopic (exact) mass is 307 g/mol. The van der Waals surface area contributed by atoms with Crippen LogP contribution in [-0.2, 0) is 4.79 Å². The number of pyridine rings is 1. The Morgan fingerprint density at radius 2 is 2.17 bits per heavy atom. The van der Waals surface area contributed by atoms with Crippen LogP contribution in [0.5, 0.6) is 5.75 Å². The number of ether oxygens (including phenoxy) is 1. The second-order valence-electron chi connectivity index (χ2n) is 5.09. The fourth-order valence-corrected chi connectivity index (χ4v) is 2.35. The summed E-state index contributed by atoms with van der Waals surface area (Å²) in [6, 6.07) is 11.2. The Bertz CT molecular complexity index is 881. The number of methoxy groups -OCH3 is 1. The van der Waals surface area contributed by atoms with Crippen LogP contribution in [0.4, 0.5) is 5.69 Å². The topological polar surface area (TPSA) is 55.6 Å². The highest BCUT2D eigenvalue weighted by Gasteiger charge is 2.05. The number of nitrogens with zero attached hydrogens (tertiary/aromatic N) is 2. The van der Waals surface area contributed by atoms with Gasteiger partial charge in [-0.25, -0.2) is 4.98 Å². The molecular weight excluding hydrogens is 290 g/mol. The standard InChI is InChI=1S/C18H17N3O2/c1-13-16(7-8-17-19-10-11-21(13)17)20-18(22)9-6-14-4-3-5-15(12-14)23-2/h3-12H,1-2H3,(H,20,22)/b9-6+. The van der Waals surface area contributed by atoms with Gasteiger partial charge in [-0.3, -0.25) is 4.79 Å². The molecule has 1 N–H and O–H groups in total. The molecule has 0 aliphatic rings. The van der Waals surface area contributed by atoms with Crippen LogP contribution in [-0.4, -0.2) is 22.4 Å². The van der Waals surface area contributed by atoms with E-state index in [9.17, 15) is 4.79 Å². The molecule has 23 heavy (non-hydrogen) atoms. The molecule has 5 nitrogen and oxygen atoms in total. The Morgan fingerprint density at radius 3 is 3.00 bits per heavy atom. The van der Waals surface area contributed by atoms with Gasteiger partial charge in [-0.05, 0) is 42.8 Å². The number of anilines is 1. The average molecular weight is 307 g/mol. The molecule has 0 spiro atoms. The summed E-state index contributed by atoms with van der Waals surface area (Å²) in [7, 11) is 1.62. The molecule has 0 aliphatic heterocycles. The highest BCUT2D eigenvalue weighted by Crippen LogP contribution is 2.17. The fourth-order valence-electron chi connectivity index (χ4n) is 2.35. The number of amides is 1. The van der Waals surface area contributed by atoms with Crippen molar-refractivity contribution in [2.45, 2.75) is 6.92 Å². The van der Waals surface area contributed by atoms with Crippen molar-refractivity contribution >= 4 is 23.3 Å². The molecule has 1 aromatic carbocycles. The normalized spacial score (nSPS) is 11.0. The van der Waals surface area contributed by atoms with Gasteiger partial charge in [-0.15, -0.1) is 0 Å². The summed E-state index contributed by atoms with van der Waals surface area (Å²) in [4.78, 5) is 16.3. The van der Waals surface area contributed by atoms with Crippen molar-refractivity contribution in [2.75, 3.05) is 12.4 Å². The number of fused-ring (bicyclic) bond motifs is 1. The van der Waals surface area contributed by atoms with Gasteiger partial charge < -0.3 is 14.5 Å². The summed E-state index contributed by atoms with van der Waals surface area (Å²) >= 11 is 0. The molecule has 0 atom stereocenters. The summed E-state index contributed by atoms with van der Waals surface area (Å²) < 4.78 is 7.10. The molecule has 116 valence electrons. The molecule has 0 radical (unpaired) electrons. The molecule has 0 unspecified atom stereocenters. The van der Waals surface area contributed by atoms with Gasteiger partial charge in [0.15, 0.2) is 0 Å². The number of carbonyl (C=O) groups is 1. The third-order valence-corrected chi connectivity index (χ3v) is 3.60. The van der Waals surface area contributed by atoms with Gasteiger partial charge in [0.2, 0.25) is 5.91 Å². The van der Waals surface area contributed by atoms with Gasteiger partial charge in [-0.1, -0.05) is 12.1 Å². The van der Waals surface area contributed by atoms with Crippen LogP contribution in [0.1, 0.15) is 11.3 Å². The Morgan fingerprint density at radius 1 is 1.30 bits per heavy atom. The minimum atomic E-state index is -0.185. The van der Waals surface area contributed by atoms with E-state index in [2.05, 4.69) is 10.3 Å². The van der Waals surface area contributed by atoms with E-state index in [0.717, 1.165) is 28.3 Å². The predicted molar refractivity (Wildman–Crippen MR) is 90.6 cm³/mol. The van der Waals surface area contributed by atoms with E-state index in [1.807, 2.05) is 53.9 Å². The van der Waals surface area contributed by atoms with E-state index in [4.69, 9.17) is 4.74 Å². The number of imidazole rings is 1. The number of aromatic nitrogens is 2. The molecule has 0 aliphatic carbocycles. The second-order valence-corrected chi connectivity index (χ2v) is 5.09. The third-order valence-electron chi connectivity index (χ3n) is 3.60. The fraction of sp³-hybridized carbons (Fsp3) is 0.111. The lowest BCUT2D eigenvalue weighted by Crippen LogP contribution is -2.10. The van der Waals surface area contributed by atoms with Crippen molar-refractivity contribution in [1.82, 2.24) is 9.38 Å². The summed E-state index contributed by atoms with van der Waals surface area (Å²) in [5.74, 6) is 0.573. The molecule has 3 rings (SSSR count). The van der Waals surface area contributed by atoms with Crippen LogP contribution >= 0.6 is 0 Å². The number of hydrogen-bond acceptors (Lipinski definition) is 3. The molecule has 3 aromatic rings. The number of nitrogens with one attached hydrogen (secondary N) is 1. The van der Waals surface area contributed by atoms with Crippen LogP contribution in [0.2, 0.25) is 0 Å². The predicted octanol–water partition coefficient (Wildman–Crippen LogP) is 3.30. The summed E-state index contributed by atoms with van der Waals surface area (Å²) in [5.41, 5.74) is 3.45. The van der Waals surface area contributed by atoms with Crippen molar-refractivity contribution in [3.8, 4) is 5.75 Å². The maximum atomic E-state index is 12.1. The molecule has 0 bridgehead atoms. The number of rotatable bonds is 4. The minimum Gasteiger partial charge on any atom is -0.497 e. The van der Waals surface area contributed by atoms with E-state index < -0.39 is 0 Å². The van der Waals surface area contributed by atoms with Crippen LogP contribution < -0.4 is 10.1 Å². The van der Waals surface area contributed by atoms with Crippen molar-refractivity contribution in [1.29, 1.82) is 0 Å². The smallest absolute Gasteiger partial charge is 0.248 e. The number of benzene rings is 1. The average Bonchev–Trinajstić information content (AvgIpc) is 3.05.